The van der Waals surface area contributed by atoms with E-state index in [0.717, 1.165) is 0 Å². The quantitative estimate of drug-likeness (QED) is 0.827. The summed E-state index contributed by atoms with van der Waals surface area (Å²) < 4.78 is 41.1. The number of nitrogens with zero attached hydrogens (tertiary/aromatic N) is 2. The maximum absolute atomic E-state index is 13.7. The number of fused-ring (bicyclic) bond motifs is 1. The predicted molar refractivity (Wildman–Crippen MR) is 82.6 cm³/mol. The number of hydrazone groups is 1. The topological polar surface area (TPSA) is 52.9 Å². The first-order valence-electron chi connectivity index (χ1n) is 7.61. The lowest BCUT2D eigenvalue weighted by atomic mass is 9.76. The van der Waals surface area contributed by atoms with Crippen LogP contribution in [0.5, 0.6) is 0 Å². The Morgan fingerprint density at radius 3 is 2.79 bits per heavy atom. The van der Waals surface area contributed by atoms with Crippen molar-refractivity contribution in [1.29, 1.82) is 0 Å². The molecule has 4 nitrogen and oxygen atoms in total. The molecule has 1 aromatic carbocycles. The Morgan fingerprint density at radius 2 is 2.17 bits per heavy atom. The molecule has 1 heterocycles. The van der Waals surface area contributed by atoms with E-state index >= 15 is 0 Å². The van der Waals surface area contributed by atoms with Crippen molar-refractivity contribution >= 4 is 23.2 Å². The summed E-state index contributed by atoms with van der Waals surface area (Å²) in [6, 6.07) is 5.56. The number of benzene rings is 1. The lowest BCUT2D eigenvalue weighted by Gasteiger charge is -2.39. The molecule has 1 saturated carbocycles. The summed E-state index contributed by atoms with van der Waals surface area (Å²) in [7, 11) is 0. The van der Waals surface area contributed by atoms with E-state index in [1.807, 2.05) is 6.92 Å². The SMILES string of the molecule is C[C@@H]1CCC2=NN(C(=O)c3cccc(Cl)c3)[C@@](O)(C(F)(F)F)[C@H]2C1. The summed E-state index contributed by atoms with van der Waals surface area (Å²) in [5, 5.41) is 14.8. The Hall–Kier alpha value is -1.60. The van der Waals surface area contributed by atoms with Crippen molar-refractivity contribution in [2.45, 2.75) is 38.1 Å². The molecule has 1 aromatic rings. The van der Waals surface area contributed by atoms with Crippen LogP contribution in [-0.2, 0) is 0 Å². The van der Waals surface area contributed by atoms with Crippen LogP contribution < -0.4 is 0 Å². The summed E-state index contributed by atoms with van der Waals surface area (Å²) in [6.07, 6.45) is -3.87. The second-order valence-corrected chi connectivity index (χ2v) is 6.81. The van der Waals surface area contributed by atoms with E-state index in [1.54, 1.807) is 0 Å². The summed E-state index contributed by atoms with van der Waals surface area (Å²) in [5.74, 6) is -2.24. The van der Waals surface area contributed by atoms with Gasteiger partial charge in [-0.3, -0.25) is 4.79 Å². The van der Waals surface area contributed by atoms with Gasteiger partial charge in [0.25, 0.3) is 11.6 Å². The highest BCUT2D eigenvalue weighted by Gasteiger charge is 2.68. The van der Waals surface area contributed by atoms with Crippen molar-refractivity contribution in [2.75, 3.05) is 0 Å². The van der Waals surface area contributed by atoms with Crippen molar-refractivity contribution in [3.63, 3.8) is 0 Å². The predicted octanol–water partition coefficient (Wildman–Crippen LogP) is 3.84. The molecular weight excluding hydrogens is 345 g/mol. The largest absolute Gasteiger partial charge is 0.439 e. The van der Waals surface area contributed by atoms with E-state index in [-0.39, 0.29) is 33.6 Å². The number of alkyl halides is 3. The minimum absolute atomic E-state index is 0.0176. The van der Waals surface area contributed by atoms with Crippen LogP contribution in [0.15, 0.2) is 29.4 Å². The molecule has 1 aliphatic carbocycles. The van der Waals surface area contributed by atoms with Crippen LogP contribution in [0.1, 0.15) is 36.5 Å². The van der Waals surface area contributed by atoms with Crippen LogP contribution in [-0.4, -0.2) is 33.6 Å². The molecule has 0 bridgehead atoms. The Balaban J connectivity index is 2.05. The molecule has 2 aliphatic rings. The summed E-state index contributed by atoms with van der Waals surface area (Å²) in [4.78, 5) is 12.6. The third-order valence-electron chi connectivity index (χ3n) is 4.65. The summed E-state index contributed by atoms with van der Waals surface area (Å²) >= 11 is 5.81. The van der Waals surface area contributed by atoms with Gasteiger partial charge >= 0.3 is 6.18 Å². The molecular formula is C16H16ClF3N2O2. The molecule has 24 heavy (non-hydrogen) atoms. The average Bonchev–Trinajstić information content (AvgIpc) is 2.80. The van der Waals surface area contributed by atoms with E-state index in [4.69, 9.17) is 11.6 Å². The second-order valence-electron chi connectivity index (χ2n) is 6.37. The first kappa shape index (κ1) is 17.2. The van der Waals surface area contributed by atoms with Crippen LogP contribution in [0.2, 0.25) is 5.02 Å². The highest BCUT2D eigenvalue weighted by Crippen LogP contribution is 2.49. The molecule has 1 fully saturated rings. The fourth-order valence-electron chi connectivity index (χ4n) is 3.36. The first-order chi connectivity index (χ1) is 11.1. The highest BCUT2D eigenvalue weighted by atomic mass is 35.5. The van der Waals surface area contributed by atoms with Gasteiger partial charge in [0, 0.05) is 16.3 Å². The third kappa shape index (κ3) is 2.59. The smallest absolute Gasteiger partial charge is 0.362 e. The van der Waals surface area contributed by atoms with Crippen LogP contribution >= 0.6 is 11.6 Å². The van der Waals surface area contributed by atoms with E-state index < -0.39 is 23.7 Å². The molecule has 1 aliphatic heterocycles. The Bertz CT molecular complexity index is 707. The fraction of sp³-hybridized carbons (Fsp3) is 0.500. The monoisotopic (exact) mass is 360 g/mol. The Labute approximate surface area is 141 Å². The summed E-state index contributed by atoms with van der Waals surface area (Å²) in [6.45, 7) is 1.83. The van der Waals surface area contributed by atoms with Gasteiger partial charge in [-0.1, -0.05) is 24.6 Å². The number of hydrogen-bond acceptors (Lipinski definition) is 3. The molecule has 0 spiro atoms. The van der Waals surface area contributed by atoms with Gasteiger partial charge in [0.05, 0.1) is 5.92 Å². The van der Waals surface area contributed by atoms with Crippen molar-refractivity contribution in [1.82, 2.24) is 5.01 Å². The minimum atomic E-state index is -5.02. The summed E-state index contributed by atoms with van der Waals surface area (Å²) in [5.41, 5.74) is -3.15. The maximum atomic E-state index is 13.7. The molecule has 1 N–H and O–H groups in total. The number of halogens is 4. The van der Waals surface area contributed by atoms with Gasteiger partial charge in [0.2, 0.25) is 0 Å². The number of aliphatic hydroxyl groups is 1. The van der Waals surface area contributed by atoms with Gasteiger partial charge in [0.15, 0.2) is 0 Å². The standard InChI is InChI=1S/C16H16ClF3N2O2/c1-9-5-6-13-12(7-9)15(24,16(18,19)20)22(21-13)14(23)10-3-2-4-11(17)8-10/h2-4,8-9,12,24H,5-7H2,1H3/t9-,12+,15+/m1/s1. The maximum Gasteiger partial charge on any atom is 0.439 e. The number of amides is 1. The zero-order valence-electron chi connectivity index (χ0n) is 12.8. The average molecular weight is 361 g/mol. The van der Waals surface area contributed by atoms with Crippen molar-refractivity contribution in [2.24, 2.45) is 16.9 Å². The van der Waals surface area contributed by atoms with Gasteiger partial charge < -0.3 is 5.11 Å². The zero-order valence-corrected chi connectivity index (χ0v) is 13.6. The molecule has 130 valence electrons. The van der Waals surface area contributed by atoms with Crippen molar-refractivity contribution in [3.8, 4) is 0 Å². The highest BCUT2D eigenvalue weighted by molar-refractivity contribution is 6.31. The van der Waals surface area contributed by atoms with E-state index in [1.165, 1.54) is 24.3 Å². The van der Waals surface area contributed by atoms with Crippen LogP contribution in [0.3, 0.4) is 0 Å². The molecule has 0 unspecified atom stereocenters. The normalized spacial score (nSPS) is 30.1. The van der Waals surface area contributed by atoms with Crippen LogP contribution in [0.4, 0.5) is 13.2 Å². The van der Waals surface area contributed by atoms with Gasteiger partial charge in [-0.2, -0.15) is 23.3 Å². The van der Waals surface area contributed by atoms with Gasteiger partial charge in [0.1, 0.15) is 0 Å². The second kappa shape index (κ2) is 5.74. The van der Waals surface area contributed by atoms with Crippen molar-refractivity contribution in [3.05, 3.63) is 34.9 Å². The van der Waals surface area contributed by atoms with Crippen LogP contribution in [0.25, 0.3) is 0 Å². The molecule has 1 amide bonds. The van der Waals surface area contributed by atoms with E-state index in [2.05, 4.69) is 5.10 Å². The van der Waals surface area contributed by atoms with Crippen LogP contribution in [0, 0.1) is 11.8 Å². The number of carbonyl (C=O) groups excluding carboxylic acids is 1. The minimum Gasteiger partial charge on any atom is -0.362 e. The van der Waals surface area contributed by atoms with Crippen molar-refractivity contribution < 1.29 is 23.1 Å². The van der Waals surface area contributed by atoms with E-state index in [9.17, 15) is 23.1 Å². The number of carbonyl (C=O) groups is 1. The molecule has 8 heteroatoms. The number of hydrogen-bond donors (Lipinski definition) is 1. The Morgan fingerprint density at radius 1 is 1.46 bits per heavy atom. The van der Waals surface area contributed by atoms with Gasteiger partial charge in [-0.05, 0) is 43.4 Å². The zero-order chi connectivity index (χ0) is 17.7. The first-order valence-corrected chi connectivity index (χ1v) is 7.99. The molecule has 3 atom stereocenters. The Kier molecular flexibility index (Phi) is 4.12. The lowest BCUT2D eigenvalue weighted by molar-refractivity contribution is -0.313. The fourth-order valence-corrected chi connectivity index (χ4v) is 3.55. The lowest BCUT2D eigenvalue weighted by Crippen LogP contribution is -2.61. The molecule has 0 saturated heterocycles. The molecule has 0 radical (unpaired) electrons. The molecule has 0 aromatic heterocycles. The van der Waals surface area contributed by atoms with E-state index in [0.29, 0.717) is 12.8 Å². The third-order valence-corrected chi connectivity index (χ3v) is 4.89. The molecule has 3 rings (SSSR count). The van der Waals surface area contributed by atoms with Gasteiger partial charge in [-0.15, -0.1) is 0 Å². The van der Waals surface area contributed by atoms with Gasteiger partial charge in [-0.25, -0.2) is 0 Å². The number of rotatable bonds is 1.